The van der Waals surface area contributed by atoms with Crippen LogP contribution >= 0.6 is 0 Å². The lowest BCUT2D eigenvalue weighted by Crippen LogP contribution is -2.37. The number of amides is 1. The Morgan fingerprint density at radius 1 is 1.02 bits per heavy atom. The lowest BCUT2D eigenvalue weighted by molar-refractivity contribution is -0.141. The van der Waals surface area contributed by atoms with Gasteiger partial charge in [-0.05, 0) is 39.3 Å². The number of aryl methyl sites for hydroxylation is 1. The highest BCUT2D eigenvalue weighted by atomic mass is 32.2. The fourth-order valence-electron chi connectivity index (χ4n) is 4.85. The number of carbonyl (C=O) groups excluding carboxylic acids is 1. The third-order valence-corrected chi connectivity index (χ3v) is 8.71. The Balaban J connectivity index is 2.05. The number of aromatic nitrogens is 3. The summed E-state index contributed by atoms with van der Waals surface area (Å²) in [6.07, 6.45) is -0.882. The number of anilines is 1. The minimum atomic E-state index is -4.77. The molecule has 13 nitrogen and oxygen atoms in total. The summed E-state index contributed by atoms with van der Waals surface area (Å²) in [5.41, 5.74) is -0.682. The molecule has 0 aliphatic carbocycles. The molecule has 4 rings (SSSR count). The smallest absolute Gasteiger partial charge is 0.435 e. The number of sulfonamides is 1. The highest BCUT2D eigenvalue weighted by Crippen LogP contribution is 2.34. The van der Waals surface area contributed by atoms with Crippen LogP contribution in [0.25, 0.3) is 11.4 Å². The molecule has 0 bridgehead atoms. The van der Waals surface area contributed by atoms with Gasteiger partial charge in [-0.3, -0.25) is 9.59 Å². The molecule has 0 atom stereocenters. The summed E-state index contributed by atoms with van der Waals surface area (Å²) in [7, 11) is 0.342. The van der Waals surface area contributed by atoms with Crippen LogP contribution in [0.2, 0.25) is 0 Å². The van der Waals surface area contributed by atoms with Crippen molar-refractivity contribution in [1.82, 2.24) is 19.1 Å². The van der Waals surface area contributed by atoms with Crippen LogP contribution in [0.5, 0.6) is 11.5 Å². The van der Waals surface area contributed by atoms with Gasteiger partial charge in [0.2, 0.25) is 10.0 Å². The first-order chi connectivity index (χ1) is 23.1. The number of hydrogen-bond donors (Lipinski definition) is 2. The van der Waals surface area contributed by atoms with E-state index >= 15 is 0 Å². The Morgan fingerprint density at radius 2 is 1.69 bits per heavy atom. The first kappa shape index (κ1) is 36.9. The van der Waals surface area contributed by atoms with E-state index in [0.717, 1.165) is 16.3 Å². The van der Waals surface area contributed by atoms with E-state index in [1.165, 1.54) is 52.0 Å². The molecule has 49 heavy (non-hydrogen) atoms. The van der Waals surface area contributed by atoms with Crippen molar-refractivity contribution < 1.29 is 40.6 Å². The third kappa shape index (κ3) is 8.97. The second kappa shape index (κ2) is 15.1. The van der Waals surface area contributed by atoms with Crippen LogP contribution in [-0.4, -0.2) is 68.2 Å². The predicted molar refractivity (Wildman–Crippen MR) is 178 cm³/mol. The molecule has 264 valence electrons. The molecule has 2 N–H and O–H groups in total. The number of methoxy groups -OCH3 is 3. The van der Waals surface area contributed by atoms with E-state index in [1.54, 1.807) is 24.3 Å². The zero-order valence-electron chi connectivity index (χ0n) is 27.8. The summed E-state index contributed by atoms with van der Waals surface area (Å²) in [4.78, 5) is 31.4. The van der Waals surface area contributed by atoms with Crippen LogP contribution in [0.15, 0.2) is 58.0 Å². The number of pyridine rings is 1. The largest absolute Gasteiger partial charge is 0.497 e. The number of carbonyl (C=O) groups is 1. The summed E-state index contributed by atoms with van der Waals surface area (Å²) in [5, 5.41) is 7.08. The molecule has 1 aliphatic rings. The molecule has 1 amide bonds. The molecule has 0 unspecified atom stereocenters. The molecule has 3 heterocycles. The lowest BCUT2D eigenvalue weighted by Gasteiger charge is -2.20. The summed E-state index contributed by atoms with van der Waals surface area (Å²) in [6.45, 7) is 4.61. The second-order valence-electron chi connectivity index (χ2n) is 11.1. The fourth-order valence-corrected chi connectivity index (χ4v) is 5.39. The maximum atomic E-state index is 13.9. The number of aliphatic imine (C=N–C) groups is 1. The van der Waals surface area contributed by atoms with Gasteiger partial charge in [-0.1, -0.05) is 11.6 Å². The number of benzene rings is 1. The van der Waals surface area contributed by atoms with E-state index in [0.29, 0.717) is 35.9 Å². The highest BCUT2D eigenvalue weighted by Gasteiger charge is 2.35. The fraction of sp³-hybridized carbons (Fsp3) is 0.375. The lowest BCUT2D eigenvalue weighted by atomic mass is 9.99. The molecule has 17 heteroatoms. The van der Waals surface area contributed by atoms with Gasteiger partial charge in [-0.2, -0.15) is 18.3 Å². The number of amidine groups is 1. The van der Waals surface area contributed by atoms with Crippen molar-refractivity contribution in [1.29, 1.82) is 0 Å². The van der Waals surface area contributed by atoms with Gasteiger partial charge in [-0.15, -0.1) is 0 Å². The van der Waals surface area contributed by atoms with Crippen molar-refractivity contribution in [2.75, 3.05) is 39.0 Å². The zero-order valence-corrected chi connectivity index (χ0v) is 28.6. The predicted octanol–water partition coefficient (Wildman–Crippen LogP) is 4.69. The summed E-state index contributed by atoms with van der Waals surface area (Å²) < 4.78 is 86.2. The maximum absolute atomic E-state index is 13.9. The Bertz CT molecular complexity index is 1970. The number of hydrogen-bond acceptors (Lipinski definition) is 10. The van der Waals surface area contributed by atoms with Crippen LogP contribution in [0.1, 0.15) is 54.0 Å². The number of nitrogens with zero attached hydrogens (tertiary/aromatic N) is 4. The van der Waals surface area contributed by atoms with Gasteiger partial charge < -0.3 is 24.1 Å². The molecule has 1 aromatic carbocycles. The Hall–Kier alpha value is -4.90. The summed E-state index contributed by atoms with van der Waals surface area (Å²) in [5.74, 6) is -0.342. The SMILES string of the molecule is CCS(=O)(=O)NC(=O)c1cc(C2=C(n3nc(C(F)(F)F)cc3C)N=C(Nc3cc(OC)cc(OC)c3)CCC(C)=C2)cn(CCOC)c1=O. The summed E-state index contributed by atoms with van der Waals surface area (Å²) >= 11 is 0. The normalized spacial score (nSPS) is 14.1. The van der Waals surface area contributed by atoms with Crippen molar-refractivity contribution in [3.8, 4) is 11.5 Å². The number of halogens is 3. The minimum absolute atomic E-state index is 0.0257. The van der Waals surface area contributed by atoms with Gasteiger partial charge >= 0.3 is 6.18 Å². The zero-order chi connectivity index (χ0) is 36.1. The Labute approximate surface area is 281 Å². The van der Waals surface area contributed by atoms with Gasteiger partial charge in [0.05, 0.1) is 26.6 Å². The molecule has 0 saturated heterocycles. The average Bonchev–Trinajstić information content (AvgIpc) is 3.45. The second-order valence-corrected chi connectivity index (χ2v) is 13.1. The van der Waals surface area contributed by atoms with Crippen LogP contribution in [0.3, 0.4) is 0 Å². The van der Waals surface area contributed by atoms with Gasteiger partial charge in [0.15, 0.2) is 11.5 Å². The van der Waals surface area contributed by atoms with Gasteiger partial charge in [0.1, 0.15) is 22.9 Å². The topological polar surface area (TPSA) is 155 Å². The first-order valence-electron chi connectivity index (χ1n) is 15.0. The van der Waals surface area contributed by atoms with Gasteiger partial charge in [0.25, 0.3) is 11.5 Å². The monoisotopic (exact) mass is 706 g/mol. The highest BCUT2D eigenvalue weighted by molar-refractivity contribution is 7.90. The molecule has 2 aromatic heterocycles. The van der Waals surface area contributed by atoms with Crippen molar-refractivity contribution in [3.05, 3.63) is 81.0 Å². The van der Waals surface area contributed by atoms with Crippen molar-refractivity contribution in [2.45, 2.75) is 46.3 Å². The number of alkyl halides is 3. The number of ether oxygens (including phenoxy) is 3. The standard InChI is InChI=1S/C32H37F3N6O7S/c1-7-49(44,45)39-30(42)26-14-21(18-40(31(26)43)10-11-46-4)25-12-19(2)8-9-28(36-22-15-23(47-5)17-24(16-22)48-6)37-29(25)41-20(3)13-27(38-41)32(33,34)35/h12-18H,7-11H2,1-6H3,(H,36,37)(H,39,42). The van der Waals surface area contributed by atoms with E-state index in [1.807, 2.05) is 11.6 Å². The molecule has 0 spiro atoms. The van der Waals surface area contributed by atoms with Crippen LogP contribution < -0.4 is 25.1 Å². The van der Waals surface area contributed by atoms with E-state index < -0.39 is 44.7 Å². The average molecular weight is 707 g/mol. The van der Waals surface area contributed by atoms with E-state index in [2.05, 4.69) is 10.4 Å². The van der Waals surface area contributed by atoms with E-state index in [9.17, 15) is 31.2 Å². The Morgan fingerprint density at radius 3 is 2.27 bits per heavy atom. The van der Waals surface area contributed by atoms with Crippen LogP contribution in [-0.2, 0) is 27.5 Å². The van der Waals surface area contributed by atoms with Crippen molar-refractivity contribution >= 4 is 38.8 Å². The third-order valence-electron chi connectivity index (χ3n) is 7.45. The maximum Gasteiger partial charge on any atom is 0.435 e. The molecule has 1 aliphatic heterocycles. The first-order valence-corrected chi connectivity index (χ1v) is 16.7. The Kier molecular flexibility index (Phi) is 11.4. The van der Waals surface area contributed by atoms with E-state index in [4.69, 9.17) is 19.2 Å². The molecule has 0 saturated carbocycles. The van der Waals surface area contributed by atoms with Gasteiger partial charge in [0, 0.05) is 67.0 Å². The van der Waals surface area contributed by atoms with Crippen LogP contribution in [0, 0.1) is 6.92 Å². The van der Waals surface area contributed by atoms with E-state index in [-0.39, 0.29) is 35.8 Å². The number of rotatable bonds is 11. The quantitative estimate of drug-likeness (QED) is 0.289. The molecule has 3 aromatic rings. The van der Waals surface area contributed by atoms with Gasteiger partial charge in [-0.25, -0.2) is 22.8 Å². The molecule has 0 radical (unpaired) electrons. The van der Waals surface area contributed by atoms with Crippen molar-refractivity contribution in [3.63, 3.8) is 0 Å². The molecular formula is C32H37F3N6O7S. The summed E-state index contributed by atoms with van der Waals surface area (Å²) in [6, 6.07) is 7.12. The molecular weight excluding hydrogens is 669 g/mol. The van der Waals surface area contributed by atoms with Crippen LogP contribution in [0.4, 0.5) is 18.9 Å². The molecule has 0 fully saturated rings. The minimum Gasteiger partial charge on any atom is -0.497 e. The number of allylic oxidation sites excluding steroid dienone is 3. The number of nitrogens with one attached hydrogen (secondary N) is 2. The van der Waals surface area contributed by atoms with Crippen molar-refractivity contribution in [2.24, 2.45) is 4.99 Å².